The summed E-state index contributed by atoms with van der Waals surface area (Å²) in [5.41, 5.74) is 0.820. The Balaban J connectivity index is 1.75. The van der Waals surface area contributed by atoms with Gasteiger partial charge >= 0.3 is 0 Å². The van der Waals surface area contributed by atoms with Gasteiger partial charge in [-0.3, -0.25) is 0 Å². The lowest BCUT2D eigenvalue weighted by molar-refractivity contribution is 0.527. The summed E-state index contributed by atoms with van der Waals surface area (Å²) in [5.74, 6) is 0.544. The van der Waals surface area contributed by atoms with Crippen LogP contribution in [-0.2, 0) is 11.8 Å². The fourth-order valence-electron chi connectivity index (χ4n) is 2.41. The molecule has 0 aliphatic carbocycles. The SMILES string of the molecule is CC(C)(C)c1nnc2ccc(NCCc3cc(F)ccc3F)nn12. The number of aromatic nitrogens is 4. The third-order valence-corrected chi connectivity index (χ3v) is 3.64. The van der Waals surface area contributed by atoms with E-state index >= 15 is 0 Å². The molecule has 0 saturated carbocycles. The number of halogens is 2. The van der Waals surface area contributed by atoms with Gasteiger partial charge in [0, 0.05) is 12.0 Å². The van der Waals surface area contributed by atoms with Crippen molar-refractivity contribution in [3.63, 3.8) is 0 Å². The number of hydrogen-bond donors (Lipinski definition) is 1. The molecule has 24 heavy (non-hydrogen) atoms. The number of nitrogens with zero attached hydrogens (tertiary/aromatic N) is 4. The van der Waals surface area contributed by atoms with Crippen molar-refractivity contribution in [2.75, 3.05) is 11.9 Å². The van der Waals surface area contributed by atoms with Crippen molar-refractivity contribution in [1.29, 1.82) is 0 Å². The number of benzene rings is 1. The maximum absolute atomic E-state index is 13.6. The molecular weight excluding hydrogens is 312 g/mol. The van der Waals surface area contributed by atoms with Crippen LogP contribution in [0.25, 0.3) is 5.65 Å². The first kappa shape index (κ1) is 16.3. The number of rotatable bonds is 4. The third-order valence-electron chi connectivity index (χ3n) is 3.64. The number of hydrogen-bond acceptors (Lipinski definition) is 4. The predicted molar refractivity (Wildman–Crippen MR) is 88.0 cm³/mol. The Hall–Kier alpha value is -2.57. The topological polar surface area (TPSA) is 55.1 Å². The number of nitrogens with one attached hydrogen (secondary N) is 1. The van der Waals surface area contributed by atoms with Gasteiger partial charge in [0.1, 0.15) is 17.5 Å². The zero-order valence-corrected chi connectivity index (χ0v) is 13.8. The van der Waals surface area contributed by atoms with Crippen LogP contribution in [0.2, 0.25) is 0 Å². The van der Waals surface area contributed by atoms with Gasteiger partial charge in [-0.2, -0.15) is 4.52 Å². The van der Waals surface area contributed by atoms with E-state index in [9.17, 15) is 8.78 Å². The Morgan fingerprint density at radius 2 is 1.88 bits per heavy atom. The van der Waals surface area contributed by atoms with Crippen LogP contribution in [0.1, 0.15) is 32.2 Å². The summed E-state index contributed by atoms with van der Waals surface area (Å²) in [5, 5.41) is 15.9. The fourth-order valence-corrected chi connectivity index (χ4v) is 2.41. The molecule has 0 atom stereocenters. The molecule has 3 rings (SSSR count). The van der Waals surface area contributed by atoms with Crippen molar-refractivity contribution in [3.8, 4) is 0 Å². The normalized spacial score (nSPS) is 11.9. The van der Waals surface area contributed by atoms with Crippen LogP contribution in [0.3, 0.4) is 0 Å². The average Bonchev–Trinajstić information content (AvgIpc) is 2.94. The molecule has 0 bridgehead atoms. The molecule has 0 spiro atoms. The lowest BCUT2D eigenvalue weighted by Crippen LogP contribution is -2.18. The van der Waals surface area contributed by atoms with Gasteiger partial charge in [-0.25, -0.2) is 8.78 Å². The van der Waals surface area contributed by atoms with Gasteiger partial charge in [-0.1, -0.05) is 20.8 Å². The van der Waals surface area contributed by atoms with Crippen LogP contribution in [0.15, 0.2) is 30.3 Å². The van der Waals surface area contributed by atoms with Crippen molar-refractivity contribution in [3.05, 3.63) is 53.4 Å². The lowest BCUT2D eigenvalue weighted by atomic mass is 9.96. The van der Waals surface area contributed by atoms with Gasteiger partial charge in [0.15, 0.2) is 11.5 Å². The molecule has 7 heteroatoms. The van der Waals surface area contributed by atoms with E-state index in [0.29, 0.717) is 30.0 Å². The van der Waals surface area contributed by atoms with Crippen molar-refractivity contribution >= 4 is 11.5 Å². The predicted octanol–water partition coefficient (Wildman–Crippen LogP) is 3.35. The standard InChI is InChI=1S/C17H19F2N5/c1-17(2,3)16-22-21-15-7-6-14(23-24(15)16)20-9-8-11-10-12(18)4-5-13(11)19/h4-7,10H,8-9H2,1-3H3,(H,20,23). The Labute approximate surface area is 138 Å². The molecule has 0 radical (unpaired) electrons. The Bertz CT molecular complexity index is 867. The molecule has 3 aromatic rings. The summed E-state index contributed by atoms with van der Waals surface area (Å²) < 4.78 is 28.5. The summed E-state index contributed by atoms with van der Waals surface area (Å²) in [7, 11) is 0. The van der Waals surface area contributed by atoms with Crippen molar-refractivity contribution < 1.29 is 8.78 Å². The molecule has 0 aliphatic heterocycles. The van der Waals surface area contributed by atoms with Gasteiger partial charge in [0.05, 0.1) is 0 Å². The summed E-state index contributed by atoms with van der Waals surface area (Å²) in [6.45, 7) is 6.56. The number of anilines is 1. The van der Waals surface area contributed by atoms with E-state index in [-0.39, 0.29) is 5.41 Å². The minimum Gasteiger partial charge on any atom is -0.368 e. The third kappa shape index (κ3) is 3.34. The molecule has 0 saturated heterocycles. The zero-order valence-electron chi connectivity index (χ0n) is 13.8. The van der Waals surface area contributed by atoms with Crippen LogP contribution >= 0.6 is 0 Å². The molecule has 0 amide bonds. The number of fused-ring (bicyclic) bond motifs is 1. The van der Waals surface area contributed by atoms with Crippen molar-refractivity contribution in [2.45, 2.75) is 32.6 Å². The summed E-state index contributed by atoms with van der Waals surface area (Å²) in [4.78, 5) is 0. The molecule has 0 fully saturated rings. The van der Waals surface area contributed by atoms with Crippen LogP contribution < -0.4 is 5.32 Å². The maximum Gasteiger partial charge on any atom is 0.178 e. The molecule has 2 heterocycles. The van der Waals surface area contributed by atoms with E-state index in [0.717, 1.165) is 18.0 Å². The lowest BCUT2D eigenvalue weighted by Gasteiger charge is -2.15. The molecular formula is C17H19F2N5. The monoisotopic (exact) mass is 331 g/mol. The summed E-state index contributed by atoms with van der Waals surface area (Å²) >= 11 is 0. The van der Waals surface area contributed by atoms with Crippen molar-refractivity contribution in [1.82, 2.24) is 19.8 Å². The minimum absolute atomic E-state index is 0.185. The second kappa shape index (κ2) is 6.14. The smallest absolute Gasteiger partial charge is 0.178 e. The quantitative estimate of drug-likeness (QED) is 0.796. The van der Waals surface area contributed by atoms with E-state index < -0.39 is 11.6 Å². The van der Waals surface area contributed by atoms with Crippen molar-refractivity contribution in [2.24, 2.45) is 0 Å². The van der Waals surface area contributed by atoms with Crippen LogP contribution in [-0.4, -0.2) is 26.4 Å². The van der Waals surface area contributed by atoms with Crippen LogP contribution in [0.4, 0.5) is 14.6 Å². The molecule has 1 N–H and O–H groups in total. The first-order valence-corrected chi connectivity index (χ1v) is 7.75. The van der Waals surface area contributed by atoms with Crippen LogP contribution in [0, 0.1) is 11.6 Å². The van der Waals surface area contributed by atoms with E-state index in [1.807, 2.05) is 26.8 Å². The second-order valence-electron chi connectivity index (χ2n) is 6.67. The highest BCUT2D eigenvalue weighted by Crippen LogP contribution is 2.20. The zero-order chi connectivity index (χ0) is 17.3. The largest absolute Gasteiger partial charge is 0.368 e. The van der Waals surface area contributed by atoms with Gasteiger partial charge in [0.2, 0.25) is 0 Å². The summed E-state index contributed by atoms with van der Waals surface area (Å²) in [6.07, 6.45) is 0.359. The highest BCUT2D eigenvalue weighted by atomic mass is 19.1. The summed E-state index contributed by atoms with van der Waals surface area (Å²) in [6, 6.07) is 7.08. The van der Waals surface area contributed by atoms with Gasteiger partial charge < -0.3 is 5.32 Å². The first-order valence-electron chi connectivity index (χ1n) is 7.75. The molecule has 126 valence electrons. The van der Waals surface area contributed by atoms with Gasteiger partial charge in [0.25, 0.3) is 0 Å². The molecule has 5 nitrogen and oxygen atoms in total. The van der Waals surface area contributed by atoms with E-state index in [1.165, 1.54) is 6.07 Å². The highest BCUT2D eigenvalue weighted by Gasteiger charge is 2.21. The first-order chi connectivity index (χ1) is 11.3. The molecule has 2 aromatic heterocycles. The van der Waals surface area contributed by atoms with Gasteiger partial charge in [-0.15, -0.1) is 15.3 Å². The van der Waals surface area contributed by atoms with E-state index in [2.05, 4.69) is 20.6 Å². The molecule has 1 aromatic carbocycles. The Morgan fingerprint density at radius 3 is 2.62 bits per heavy atom. The minimum atomic E-state index is -0.440. The highest BCUT2D eigenvalue weighted by molar-refractivity contribution is 5.44. The Morgan fingerprint density at radius 1 is 1.08 bits per heavy atom. The Kier molecular flexibility index (Phi) is 4.17. The van der Waals surface area contributed by atoms with Crippen LogP contribution in [0.5, 0.6) is 0 Å². The molecule has 0 aliphatic rings. The maximum atomic E-state index is 13.6. The molecule has 0 unspecified atom stereocenters. The fraction of sp³-hybridized carbons (Fsp3) is 0.353. The second-order valence-corrected chi connectivity index (χ2v) is 6.67. The van der Waals surface area contributed by atoms with E-state index in [4.69, 9.17) is 0 Å². The average molecular weight is 331 g/mol. The van der Waals surface area contributed by atoms with E-state index in [1.54, 1.807) is 10.6 Å². The van der Waals surface area contributed by atoms with Gasteiger partial charge in [-0.05, 0) is 42.3 Å².